The van der Waals surface area contributed by atoms with E-state index in [1.54, 1.807) is 0 Å². The third kappa shape index (κ3) is 4.13. The van der Waals surface area contributed by atoms with Crippen molar-refractivity contribution in [3.8, 4) is 0 Å². The van der Waals surface area contributed by atoms with Crippen molar-refractivity contribution in [2.24, 2.45) is 11.7 Å². The third-order valence-corrected chi connectivity index (χ3v) is 6.30. The molecule has 1 saturated heterocycles. The Balaban J connectivity index is 0.00000264. The van der Waals surface area contributed by atoms with Crippen molar-refractivity contribution >= 4 is 39.7 Å². The quantitative estimate of drug-likeness (QED) is 0.633. The van der Waals surface area contributed by atoms with Crippen LogP contribution in [-0.2, 0) is 10.0 Å². The first kappa shape index (κ1) is 20.1. The summed E-state index contributed by atoms with van der Waals surface area (Å²) >= 11 is 5.95. The van der Waals surface area contributed by atoms with Gasteiger partial charge in [0.25, 0.3) is 5.69 Å². The highest BCUT2D eigenvalue weighted by molar-refractivity contribution is 7.89. The van der Waals surface area contributed by atoms with E-state index in [1.165, 1.54) is 17.3 Å². The number of nitro benzene ring substituents is 1. The lowest BCUT2D eigenvalue weighted by Crippen LogP contribution is -2.40. The number of piperidine rings is 1. The summed E-state index contributed by atoms with van der Waals surface area (Å²) in [5.41, 5.74) is 5.57. The molecule has 23 heavy (non-hydrogen) atoms. The minimum Gasteiger partial charge on any atom is -0.330 e. The molecule has 0 aliphatic carbocycles. The fourth-order valence-electron chi connectivity index (χ4n) is 2.51. The number of hydrogen-bond donors (Lipinski definition) is 1. The summed E-state index contributed by atoms with van der Waals surface area (Å²) < 4.78 is 26.6. The minimum atomic E-state index is -3.79. The Morgan fingerprint density at radius 3 is 2.43 bits per heavy atom. The second-order valence-corrected chi connectivity index (χ2v) is 7.73. The fourth-order valence-corrected chi connectivity index (χ4v) is 4.31. The van der Waals surface area contributed by atoms with Crippen LogP contribution in [0.15, 0.2) is 17.0 Å². The fraction of sp³-hybridized carbons (Fsp3) is 0.538. The van der Waals surface area contributed by atoms with Crippen molar-refractivity contribution in [1.29, 1.82) is 0 Å². The van der Waals surface area contributed by atoms with Crippen LogP contribution in [0.25, 0.3) is 0 Å². The van der Waals surface area contributed by atoms with Crippen molar-refractivity contribution in [1.82, 2.24) is 4.31 Å². The van der Waals surface area contributed by atoms with E-state index in [4.69, 9.17) is 17.3 Å². The smallest absolute Gasteiger partial charge is 0.275 e. The molecule has 0 amide bonds. The Bertz CT molecular complexity index is 689. The molecule has 2 N–H and O–H groups in total. The Kier molecular flexibility index (Phi) is 6.79. The van der Waals surface area contributed by atoms with Gasteiger partial charge in [-0.25, -0.2) is 8.42 Å². The molecule has 0 spiro atoms. The van der Waals surface area contributed by atoms with Gasteiger partial charge in [0.05, 0.1) is 14.8 Å². The van der Waals surface area contributed by atoms with Gasteiger partial charge in [-0.2, -0.15) is 4.31 Å². The van der Waals surface area contributed by atoms with Crippen molar-refractivity contribution < 1.29 is 13.3 Å². The Hall–Kier alpha value is -0.930. The largest absolute Gasteiger partial charge is 0.330 e. The van der Waals surface area contributed by atoms with Gasteiger partial charge in [-0.1, -0.05) is 11.6 Å². The van der Waals surface area contributed by atoms with Crippen LogP contribution in [0.2, 0.25) is 5.02 Å². The maximum absolute atomic E-state index is 12.6. The van der Waals surface area contributed by atoms with E-state index in [2.05, 4.69) is 0 Å². The zero-order valence-corrected chi connectivity index (χ0v) is 15.0. The van der Waals surface area contributed by atoms with Gasteiger partial charge >= 0.3 is 0 Å². The average Bonchev–Trinajstić information content (AvgIpc) is 2.49. The molecule has 1 heterocycles. The van der Waals surface area contributed by atoms with Gasteiger partial charge in [-0.15, -0.1) is 12.4 Å². The van der Waals surface area contributed by atoms with Crippen LogP contribution < -0.4 is 5.73 Å². The zero-order chi connectivity index (χ0) is 16.5. The van der Waals surface area contributed by atoms with E-state index in [-0.39, 0.29) is 33.6 Å². The first-order valence-corrected chi connectivity index (χ1v) is 8.74. The number of halogens is 2. The predicted molar refractivity (Wildman–Crippen MR) is 90.6 cm³/mol. The number of hydrogen-bond acceptors (Lipinski definition) is 5. The first-order valence-electron chi connectivity index (χ1n) is 6.92. The van der Waals surface area contributed by atoms with Crippen LogP contribution in [0.1, 0.15) is 18.4 Å². The zero-order valence-electron chi connectivity index (χ0n) is 12.6. The Morgan fingerprint density at radius 1 is 1.39 bits per heavy atom. The lowest BCUT2D eigenvalue weighted by atomic mass is 9.99. The van der Waals surface area contributed by atoms with Crippen LogP contribution in [0, 0.1) is 23.0 Å². The van der Waals surface area contributed by atoms with Gasteiger partial charge in [0.15, 0.2) is 0 Å². The van der Waals surface area contributed by atoms with E-state index in [9.17, 15) is 18.5 Å². The summed E-state index contributed by atoms with van der Waals surface area (Å²) in [6.45, 7) is 2.76. The number of benzene rings is 1. The number of nitrogens with zero attached hydrogens (tertiary/aromatic N) is 2. The molecule has 7 nitrogen and oxygen atoms in total. The van der Waals surface area contributed by atoms with Crippen LogP contribution >= 0.6 is 24.0 Å². The number of rotatable bonds is 4. The highest BCUT2D eigenvalue weighted by Gasteiger charge is 2.31. The van der Waals surface area contributed by atoms with Crippen molar-refractivity contribution in [3.63, 3.8) is 0 Å². The summed E-state index contributed by atoms with van der Waals surface area (Å²) in [7, 11) is -3.79. The summed E-state index contributed by atoms with van der Waals surface area (Å²) in [5, 5.41) is 11.1. The molecule has 130 valence electrons. The van der Waals surface area contributed by atoms with Crippen LogP contribution in [0.3, 0.4) is 0 Å². The molecule has 0 unspecified atom stereocenters. The molecular formula is C13H19Cl2N3O4S. The SMILES string of the molecule is Cc1c(Cl)cc(S(=O)(=O)N2CCC(CN)CC2)cc1[N+](=O)[O-].Cl. The first-order chi connectivity index (χ1) is 10.3. The van der Waals surface area contributed by atoms with Crippen LogP contribution in [-0.4, -0.2) is 37.3 Å². The van der Waals surface area contributed by atoms with Crippen molar-refractivity contribution in [2.75, 3.05) is 19.6 Å². The number of nitro groups is 1. The van der Waals surface area contributed by atoms with Crippen LogP contribution in [0.4, 0.5) is 5.69 Å². The lowest BCUT2D eigenvalue weighted by Gasteiger charge is -2.30. The van der Waals surface area contributed by atoms with Gasteiger partial charge in [0.2, 0.25) is 10.0 Å². The Morgan fingerprint density at radius 2 is 1.96 bits per heavy atom. The number of sulfonamides is 1. The van der Waals surface area contributed by atoms with Gasteiger partial charge in [-0.05, 0) is 38.3 Å². The molecule has 1 aromatic rings. The lowest BCUT2D eigenvalue weighted by molar-refractivity contribution is -0.385. The van der Waals surface area contributed by atoms with Gasteiger partial charge in [0.1, 0.15) is 0 Å². The Labute approximate surface area is 146 Å². The highest BCUT2D eigenvalue weighted by atomic mass is 35.5. The van der Waals surface area contributed by atoms with Gasteiger partial charge < -0.3 is 5.73 Å². The molecule has 0 atom stereocenters. The van der Waals surface area contributed by atoms with Gasteiger partial charge in [-0.3, -0.25) is 10.1 Å². The molecule has 1 fully saturated rings. The summed E-state index contributed by atoms with van der Waals surface area (Å²) in [4.78, 5) is 10.3. The molecular weight excluding hydrogens is 365 g/mol. The molecule has 0 saturated carbocycles. The standard InChI is InChI=1S/C13H18ClN3O4S.ClH/c1-9-12(14)6-11(7-13(9)17(18)19)22(20,21)16-4-2-10(8-15)3-5-16;/h6-7,10H,2-5,8,15H2,1H3;1H. The molecule has 0 bridgehead atoms. The summed E-state index contributed by atoms with van der Waals surface area (Å²) in [5.74, 6) is 0.322. The maximum Gasteiger partial charge on any atom is 0.275 e. The summed E-state index contributed by atoms with van der Waals surface area (Å²) in [6.07, 6.45) is 1.38. The average molecular weight is 384 g/mol. The van der Waals surface area contributed by atoms with E-state index in [0.717, 1.165) is 6.07 Å². The second-order valence-electron chi connectivity index (χ2n) is 5.39. The topological polar surface area (TPSA) is 107 Å². The van der Waals surface area contributed by atoms with E-state index < -0.39 is 14.9 Å². The second kappa shape index (κ2) is 7.76. The summed E-state index contributed by atoms with van der Waals surface area (Å²) in [6, 6.07) is 2.35. The minimum absolute atomic E-state index is 0. The van der Waals surface area contributed by atoms with E-state index in [1.807, 2.05) is 0 Å². The maximum atomic E-state index is 12.6. The monoisotopic (exact) mass is 383 g/mol. The normalized spacial score (nSPS) is 16.8. The predicted octanol–water partition coefficient (Wildman–Crippen LogP) is 2.34. The third-order valence-electron chi connectivity index (χ3n) is 4.03. The number of nitrogens with two attached hydrogens (primary N) is 1. The van der Waals surface area contributed by atoms with Gasteiger partial charge in [0, 0.05) is 24.7 Å². The molecule has 10 heteroatoms. The molecule has 1 aliphatic heterocycles. The van der Waals surface area contributed by atoms with E-state index in [0.29, 0.717) is 38.4 Å². The highest BCUT2D eigenvalue weighted by Crippen LogP contribution is 2.32. The molecule has 0 aromatic heterocycles. The van der Waals surface area contributed by atoms with Crippen LogP contribution in [0.5, 0.6) is 0 Å². The van der Waals surface area contributed by atoms with E-state index >= 15 is 0 Å². The van der Waals surface area contributed by atoms with Crippen molar-refractivity contribution in [3.05, 3.63) is 32.8 Å². The molecule has 1 aromatic carbocycles. The molecule has 1 aliphatic rings. The van der Waals surface area contributed by atoms with Crippen molar-refractivity contribution in [2.45, 2.75) is 24.7 Å². The molecule has 2 rings (SSSR count). The molecule has 0 radical (unpaired) electrons.